The van der Waals surface area contributed by atoms with Crippen molar-refractivity contribution in [2.75, 3.05) is 5.32 Å². The first-order valence-electron chi connectivity index (χ1n) is 8.27. The minimum atomic E-state index is -4.49. The maximum absolute atomic E-state index is 13.0. The SMILES string of the molecule is FC(F)c1nnc(-c2cnc(NC3(c4cc(C(F)(F)F)ccc4Cl)CC3)nc2)o1. The van der Waals surface area contributed by atoms with E-state index < -0.39 is 29.6 Å². The highest BCUT2D eigenvalue weighted by Gasteiger charge is 2.47. The molecular weight excluding hydrogens is 421 g/mol. The van der Waals surface area contributed by atoms with Crippen molar-refractivity contribution in [2.24, 2.45) is 0 Å². The third-order valence-corrected chi connectivity index (χ3v) is 4.77. The van der Waals surface area contributed by atoms with Crippen molar-refractivity contribution in [3.63, 3.8) is 0 Å². The van der Waals surface area contributed by atoms with Gasteiger partial charge in [-0.2, -0.15) is 22.0 Å². The zero-order valence-electron chi connectivity index (χ0n) is 14.3. The van der Waals surface area contributed by atoms with E-state index in [0.717, 1.165) is 12.1 Å². The lowest BCUT2D eigenvalue weighted by Crippen LogP contribution is -2.21. The van der Waals surface area contributed by atoms with Crippen molar-refractivity contribution < 1.29 is 26.4 Å². The van der Waals surface area contributed by atoms with Gasteiger partial charge in [-0.1, -0.05) is 11.6 Å². The fourth-order valence-corrected chi connectivity index (χ4v) is 3.11. The van der Waals surface area contributed by atoms with E-state index in [-0.39, 0.29) is 22.4 Å². The molecule has 0 bridgehead atoms. The molecule has 152 valence electrons. The largest absolute Gasteiger partial charge is 0.416 e. The lowest BCUT2D eigenvalue weighted by atomic mass is 10.0. The summed E-state index contributed by atoms with van der Waals surface area (Å²) in [6, 6.07) is 3.15. The molecule has 3 aromatic rings. The van der Waals surface area contributed by atoms with Gasteiger partial charge in [-0.05, 0) is 36.6 Å². The molecule has 0 aliphatic heterocycles. The molecule has 12 heteroatoms. The molecule has 2 heterocycles. The molecule has 1 fully saturated rings. The summed E-state index contributed by atoms with van der Waals surface area (Å²) in [6.45, 7) is 0. The summed E-state index contributed by atoms with van der Waals surface area (Å²) in [4.78, 5) is 8.12. The summed E-state index contributed by atoms with van der Waals surface area (Å²) < 4.78 is 69.0. The lowest BCUT2D eigenvalue weighted by Gasteiger charge is -2.20. The molecule has 1 aromatic carbocycles. The van der Waals surface area contributed by atoms with Gasteiger partial charge in [-0.3, -0.25) is 0 Å². The number of alkyl halides is 5. The van der Waals surface area contributed by atoms with Crippen molar-refractivity contribution in [3.8, 4) is 11.5 Å². The van der Waals surface area contributed by atoms with Gasteiger partial charge in [0.25, 0.3) is 11.8 Å². The minimum absolute atomic E-state index is 0.133. The normalized spacial score (nSPS) is 15.6. The number of nitrogens with one attached hydrogen (secondary N) is 1. The highest BCUT2D eigenvalue weighted by atomic mass is 35.5. The number of hydrogen-bond acceptors (Lipinski definition) is 6. The van der Waals surface area contributed by atoms with E-state index in [9.17, 15) is 22.0 Å². The number of anilines is 1. The first kappa shape index (κ1) is 19.5. The maximum atomic E-state index is 13.0. The molecule has 0 spiro atoms. The van der Waals surface area contributed by atoms with E-state index in [1.807, 2.05) is 0 Å². The van der Waals surface area contributed by atoms with Gasteiger partial charge in [-0.15, -0.1) is 10.2 Å². The Morgan fingerprint density at radius 3 is 2.34 bits per heavy atom. The van der Waals surface area contributed by atoms with Crippen LogP contribution in [0.15, 0.2) is 35.0 Å². The highest BCUT2D eigenvalue weighted by molar-refractivity contribution is 6.31. The van der Waals surface area contributed by atoms with Crippen LogP contribution in [-0.4, -0.2) is 20.2 Å². The topological polar surface area (TPSA) is 76.7 Å². The van der Waals surface area contributed by atoms with Crippen molar-refractivity contribution in [1.29, 1.82) is 0 Å². The van der Waals surface area contributed by atoms with Gasteiger partial charge in [0.15, 0.2) is 0 Å². The van der Waals surface area contributed by atoms with E-state index in [1.54, 1.807) is 0 Å². The third kappa shape index (κ3) is 3.86. The Kier molecular flexibility index (Phi) is 4.64. The van der Waals surface area contributed by atoms with Gasteiger partial charge < -0.3 is 9.73 Å². The van der Waals surface area contributed by atoms with Crippen LogP contribution in [0.25, 0.3) is 11.5 Å². The lowest BCUT2D eigenvalue weighted by molar-refractivity contribution is -0.137. The number of hydrogen-bond donors (Lipinski definition) is 1. The van der Waals surface area contributed by atoms with Crippen molar-refractivity contribution in [3.05, 3.63) is 52.6 Å². The summed E-state index contributed by atoms with van der Waals surface area (Å²) in [5.74, 6) is -0.861. The van der Waals surface area contributed by atoms with Gasteiger partial charge in [0.2, 0.25) is 5.95 Å². The van der Waals surface area contributed by atoms with Crippen LogP contribution in [0.3, 0.4) is 0 Å². The second-order valence-corrected chi connectivity index (χ2v) is 6.85. The predicted molar refractivity (Wildman–Crippen MR) is 91.3 cm³/mol. The Morgan fingerprint density at radius 1 is 1.10 bits per heavy atom. The van der Waals surface area contributed by atoms with Gasteiger partial charge in [0.1, 0.15) is 0 Å². The van der Waals surface area contributed by atoms with Gasteiger partial charge in [0.05, 0.1) is 16.7 Å². The summed E-state index contributed by atoms with van der Waals surface area (Å²) in [5.41, 5.74) is -1.09. The summed E-state index contributed by atoms with van der Waals surface area (Å²) >= 11 is 6.13. The standard InChI is InChI=1S/C17H11ClF5N5O/c18-11-2-1-9(17(21,22)23)5-10(11)16(3-4-16)26-15-24-6-8(7-25-15)13-27-28-14(29-13)12(19)20/h1-2,5-7,12H,3-4H2,(H,24,25,26). The van der Waals surface area contributed by atoms with Crippen LogP contribution in [0.4, 0.5) is 27.9 Å². The molecule has 1 saturated carbocycles. The van der Waals surface area contributed by atoms with Crippen LogP contribution in [0, 0.1) is 0 Å². The summed E-state index contributed by atoms with van der Waals surface area (Å²) in [5, 5.41) is 9.92. The molecule has 29 heavy (non-hydrogen) atoms. The molecule has 1 N–H and O–H groups in total. The molecule has 2 aromatic heterocycles. The molecule has 6 nitrogen and oxygen atoms in total. The zero-order valence-corrected chi connectivity index (χ0v) is 15.1. The number of halogens is 6. The molecule has 1 aliphatic carbocycles. The van der Waals surface area contributed by atoms with E-state index in [0.29, 0.717) is 18.4 Å². The quantitative estimate of drug-likeness (QED) is 0.557. The van der Waals surface area contributed by atoms with E-state index >= 15 is 0 Å². The average Bonchev–Trinajstić information content (AvgIpc) is 3.25. The molecule has 0 saturated heterocycles. The fraction of sp³-hybridized carbons (Fsp3) is 0.294. The van der Waals surface area contributed by atoms with E-state index in [1.165, 1.54) is 18.5 Å². The van der Waals surface area contributed by atoms with E-state index in [4.69, 9.17) is 16.0 Å². The molecular formula is C17H11ClF5N5O. The van der Waals surface area contributed by atoms with Gasteiger partial charge in [0, 0.05) is 17.4 Å². The summed E-state index contributed by atoms with van der Waals surface area (Å²) in [6.07, 6.45) is -3.75. The molecule has 0 unspecified atom stereocenters. The number of nitrogens with zero attached hydrogens (tertiary/aromatic N) is 4. The number of aromatic nitrogens is 4. The molecule has 1 aliphatic rings. The first-order valence-corrected chi connectivity index (χ1v) is 8.65. The van der Waals surface area contributed by atoms with Crippen LogP contribution in [-0.2, 0) is 11.7 Å². The predicted octanol–water partition coefficient (Wildman–Crippen LogP) is 5.24. The maximum Gasteiger partial charge on any atom is 0.416 e. The molecule has 4 rings (SSSR count). The second kappa shape index (κ2) is 6.90. The van der Waals surface area contributed by atoms with Gasteiger partial charge >= 0.3 is 12.6 Å². The summed E-state index contributed by atoms with van der Waals surface area (Å²) in [7, 11) is 0. The van der Waals surface area contributed by atoms with E-state index in [2.05, 4.69) is 25.5 Å². The number of benzene rings is 1. The van der Waals surface area contributed by atoms with Crippen LogP contribution < -0.4 is 5.32 Å². The Bertz CT molecular complexity index is 1030. The third-order valence-electron chi connectivity index (χ3n) is 4.44. The Balaban J connectivity index is 1.56. The molecule has 0 amide bonds. The first-order chi connectivity index (χ1) is 13.7. The van der Waals surface area contributed by atoms with Crippen LogP contribution in [0.2, 0.25) is 5.02 Å². The van der Waals surface area contributed by atoms with Crippen molar-refractivity contribution in [1.82, 2.24) is 20.2 Å². The zero-order chi connectivity index (χ0) is 20.8. The van der Waals surface area contributed by atoms with Crippen molar-refractivity contribution in [2.45, 2.75) is 31.0 Å². The Morgan fingerprint density at radius 2 is 1.79 bits per heavy atom. The van der Waals surface area contributed by atoms with Crippen LogP contribution >= 0.6 is 11.6 Å². The van der Waals surface area contributed by atoms with Gasteiger partial charge in [-0.25, -0.2) is 9.97 Å². The van der Waals surface area contributed by atoms with Crippen LogP contribution in [0.5, 0.6) is 0 Å². The highest BCUT2D eigenvalue weighted by Crippen LogP contribution is 2.51. The Labute approximate surface area is 165 Å². The molecule has 0 radical (unpaired) electrons. The minimum Gasteiger partial charge on any atom is -0.415 e. The van der Waals surface area contributed by atoms with Crippen molar-refractivity contribution >= 4 is 17.5 Å². The average molecular weight is 432 g/mol. The monoisotopic (exact) mass is 431 g/mol. The second-order valence-electron chi connectivity index (χ2n) is 6.44. The molecule has 0 atom stereocenters. The smallest absolute Gasteiger partial charge is 0.415 e. The van der Waals surface area contributed by atoms with Crippen LogP contribution in [0.1, 0.15) is 36.3 Å². The number of rotatable bonds is 5. The fourth-order valence-electron chi connectivity index (χ4n) is 2.81. The Hall–Kier alpha value is -2.82.